The van der Waals surface area contributed by atoms with Gasteiger partial charge < -0.3 is 14.2 Å². The van der Waals surface area contributed by atoms with Crippen molar-refractivity contribution in [3.63, 3.8) is 0 Å². The molecular weight excluding hydrogens is 320 g/mol. The molecule has 0 bridgehead atoms. The summed E-state index contributed by atoms with van der Waals surface area (Å²) >= 11 is 0. The molecule has 8 nitrogen and oxygen atoms in total. The number of hydrogen-bond acceptors (Lipinski definition) is 8. The summed E-state index contributed by atoms with van der Waals surface area (Å²) in [6, 6.07) is 4.48. The highest BCUT2D eigenvalue weighted by atomic mass is 16.5. The van der Waals surface area contributed by atoms with Gasteiger partial charge in [-0.2, -0.15) is 10.1 Å². The molecule has 8 heteroatoms. The number of anilines is 1. The lowest BCUT2D eigenvalue weighted by Gasteiger charge is -2.37. The Hall–Kier alpha value is -2.06. The third-order valence-corrected chi connectivity index (χ3v) is 4.55. The van der Waals surface area contributed by atoms with Crippen LogP contribution >= 0.6 is 0 Å². The van der Waals surface area contributed by atoms with E-state index < -0.39 is 0 Å². The van der Waals surface area contributed by atoms with E-state index in [1.807, 2.05) is 19.1 Å². The van der Waals surface area contributed by atoms with Gasteiger partial charge in [0.15, 0.2) is 11.6 Å². The van der Waals surface area contributed by atoms with Crippen LogP contribution in [0.5, 0.6) is 0 Å². The van der Waals surface area contributed by atoms with Crippen molar-refractivity contribution in [1.29, 1.82) is 0 Å². The highest BCUT2D eigenvalue weighted by Gasteiger charge is 2.25. The molecular formula is C17H26N6O2. The predicted molar refractivity (Wildman–Crippen MR) is 93.3 cm³/mol. The molecule has 3 heterocycles. The zero-order valence-corrected chi connectivity index (χ0v) is 15.2. The van der Waals surface area contributed by atoms with Gasteiger partial charge in [0, 0.05) is 32.7 Å². The standard InChI is InChI=1S/C17H26N6O2/c1-13-6-7-16(20-19-13)23-9-4-5-14(11-23)22(2)12-17-18-15(21-25-17)8-10-24-3/h6-7,14H,4-5,8-12H2,1-3H3/t14-/m1/s1. The maximum atomic E-state index is 5.35. The Kier molecular flexibility index (Phi) is 5.93. The zero-order valence-electron chi connectivity index (χ0n) is 15.2. The summed E-state index contributed by atoms with van der Waals surface area (Å²) in [5.74, 6) is 2.30. The second-order valence-corrected chi connectivity index (χ2v) is 6.54. The molecule has 1 aliphatic heterocycles. The van der Waals surface area contributed by atoms with Crippen LogP contribution in [0.4, 0.5) is 5.82 Å². The van der Waals surface area contributed by atoms with Crippen molar-refractivity contribution in [1.82, 2.24) is 25.2 Å². The minimum atomic E-state index is 0.422. The lowest BCUT2D eigenvalue weighted by Crippen LogP contribution is -2.46. The monoisotopic (exact) mass is 346 g/mol. The topological polar surface area (TPSA) is 80.4 Å². The number of likely N-dealkylation sites (N-methyl/N-ethyl adjacent to an activating group) is 1. The van der Waals surface area contributed by atoms with Crippen LogP contribution in [0, 0.1) is 6.92 Å². The third-order valence-electron chi connectivity index (χ3n) is 4.55. The summed E-state index contributed by atoms with van der Waals surface area (Å²) in [5.41, 5.74) is 0.940. The summed E-state index contributed by atoms with van der Waals surface area (Å²) in [5, 5.41) is 12.5. The number of aryl methyl sites for hydroxylation is 1. The first-order chi connectivity index (χ1) is 12.2. The minimum Gasteiger partial charge on any atom is -0.384 e. The van der Waals surface area contributed by atoms with Crippen molar-refractivity contribution < 1.29 is 9.26 Å². The fraction of sp³-hybridized carbons (Fsp3) is 0.647. The molecule has 25 heavy (non-hydrogen) atoms. The fourth-order valence-electron chi connectivity index (χ4n) is 3.07. The number of nitrogens with zero attached hydrogens (tertiary/aromatic N) is 6. The summed E-state index contributed by atoms with van der Waals surface area (Å²) < 4.78 is 10.4. The number of hydrogen-bond donors (Lipinski definition) is 0. The zero-order chi connectivity index (χ0) is 17.6. The molecule has 2 aromatic heterocycles. The summed E-state index contributed by atoms with van der Waals surface area (Å²) in [6.07, 6.45) is 2.96. The van der Waals surface area contributed by atoms with Crippen molar-refractivity contribution in [2.75, 3.05) is 38.8 Å². The van der Waals surface area contributed by atoms with Gasteiger partial charge in [-0.05, 0) is 38.9 Å². The molecule has 136 valence electrons. The SMILES string of the molecule is COCCc1noc(CN(C)[C@@H]2CCCN(c3ccc(C)nn3)C2)n1. The molecule has 0 amide bonds. The van der Waals surface area contributed by atoms with Crippen LogP contribution in [0.3, 0.4) is 0 Å². The van der Waals surface area contributed by atoms with Crippen molar-refractivity contribution in [2.45, 2.75) is 38.8 Å². The van der Waals surface area contributed by atoms with Crippen LogP contribution in [0.25, 0.3) is 0 Å². The number of piperidine rings is 1. The summed E-state index contributed by atoms with van der Waals surface area (Å²) in [6.45, 7) is 5.15. The number of aromatic nitrogens is 4. The Morgan fingerprint density at radius 1 is 1.36 bits per heavy atom. The van der Waals surface area contributed by atoms with Crippen molar-refractivity contribution in [3.05, 3.63) is 29.5 Å². The number of methoxy groups -OCH3 is 1. The van der Waals surface area contributed by atoms with E-state index >= 15 is 0 Å². The molecule has 0 saturated carbocycles. The molecule has 1 aliphatic rings. The average molecular weight is 346 g/mol. The Bertz CT molecular complexity index is 659. The first-order valence-corrected chi connectivity index (χ1v) is 8.71. The maximum Gasteiger partial charge on any atom is 0.240 e. The fourth-order valence-corrected chi connectivity index (χ4v) is 3.07. The van der Waals surface area contributed by atoms with Gasteiger partial charge >= 0.3 is 0 Å². The van der Waals surface area contributed by atoms with Crippen LogP contribution in [-0.2, 0) is 17.7 Å². The molecule has 0 aliphatic carbocycles. The van der Waals surface area contributed by atoms with Crippen LogP contribution < -0.4 is 4.90 Å². The third kappa shape index (κ3) is 4.73. The van der Waals surface area contributed by atoms with E-state index in [2.05, 4.69) is 37.2 Å². The van der Waals surface area contributed by atoms with E-state index in [0.717, 1.165) is 37.4 Å². The first-order valence-electron chi connectivity index (χ1n) is 8.71. The van der Waals surface area contributed by atoms with Gasteiger partial charge in [0.05, 0.1) is 18.8 Å². The van der Waals surface area contributed by atoms with Gasteiger partial charge in [-0.1, -0.05) is 5.16 Å². The quantitative estimate of drug-likeness (QED) is 0.745. The Balaban J connectivity index is 1.57. The number of rotatable bonds is 7. The smallest absolute Gasteiger partial charge is 0.240 e. The lowest BCUT2D eigenvalue weighted by molar-refractivity contribution is 0.183. The highest BCUT2D eigenvalue weighted by molar-refractivity contribution is 5.38. The molecule has 1 fully saturated rings. The van der Waals surface area contributed by atoms with Crippen LogP contribution in [0.15, 0.2) is 16.7 Å². The molecule has 0 unspecified atom stereocenters. The predicted octanol–water partition coefficient (Wildman–Crippen LogP) is 1.46. The van der Waals surface area contributed by atoms with Crippen LogP contribution in [0.1, 0.15) is 30.3 Å². The van der Waals surface area contributed by atoms with Gasteiger partial charge in [0.2, 0.25) is 5.89 Å². The Morgan fingerprint density at radius 3 is 3.00 bits per heavy atom. The second kappa shape index (κ2) is 8.35. The van der Waals surface area contributed by atoms with E-state index in [1.165, 1.54) is 0 Å². The van der Waals surface area contributed by atoms with Crippen molar-refractivity contribution >= 4 is 5.82 Å². The van der Waals surface area contributed by atoms with Gasteiger partial charge in [-0.25, -0.2) is 0 Å². The maximum absolute atomic E-state index is 5.35. The second-order valence-electron chi connectivity index (χ2n) is 6.54. The average Bonchev–Trinajstić information content (AvgIpc) is 3.08. The van der Waals surface area contributed by atoms with Gasteiger partial charge in [0.1, 0.15) is 0 Å². The Morgan fingerprint density at radius 2 is 2.24 bits per heavy atom. The molecule has 0 N–H and O–H groups in total. The van der Waals surface area contributed by atoms with E-state index in [9.17, 15) is 0 Å². The molecule has 2 aromatic rings. The number of ether oxygens (including phenoxy) is 1. The lowest BCUT2D eigenvalue weighted by atomic mass is 10.0. The van der Waals surface area contributed by atoms with Crippen molar-refractivity contribution in [3.8, 4) is 0 Å². The summed E-state index contributed by atoms with van der Waals surface area (Å²) in [4.78, 5) is 9.01. The molecule has 0 spiro atoms. The molecule has 0 radical (unpaired) electrons. The molecule has 3 rings (SSSR count). The van der Waals surface area contributed by atoms with Crippen LogP contribution in [0.2, 0.25) is 0 Å². The van der Waals surface area contributed by atoms with E-state index in [4.69, 9.17) is 9.26 Å². The summed E-state index contributed by atoms with van der Waals surface area (Å²) in [7, 11) is 3.77. The van der Waals surface area contributed by atoms with Gasteiger partial charge in [-0.15, -0.1) is 5.10 Å². The van der Waals surface area contributed by atoms with Crippen LogP contribution in [-0.4, -0.2) is 65.1 Å². The van der Waals surface area contributed by atoms with E-state index in [-0.39, 0.29) is 0 Å². The first kappa shape index (κ1) is 17.8. The van der Waals surface area contributed by atoms with E-state index in [1.54, 1.807) is 7.11 Å². The normalized spacial score (nSPS) is 18.1. The van der Waals surface area contributed by atoms with Gasteiger partial charge in [0.25, 0.3) is 0 Å². The van der Waals surface area contributed by atoms with Gasteiger partial charge in [-0.3, -0.25) is 4.90 Å². The largest absolute Gasteiger partial charge is 0.384 e. The molecule has 1 atom stereocenters. The highest BCUT2D eigenvalue weighted by Crippen LogP contribution is 2.21. The van der Waals surface area contributed by atoms with E-state index in [0.29, 0.717) is 37.3 Å². The Labute approximate surface area is 148 Å². The molecule has 1 saturated heterocycles. The minimum absolute atomic E-state index is 0.422. The van der Waals surface area contributed by atoms with Crippen molar-refractivity contribution in [2.24, 2.45) is 0 Å². The molecule has 0 aromatic carbocycles.